The second-order valence-electron chi connectivity index (χ2n) is 8.99. The molecule has 2 unspecified atom stereocenters. The Labute approximate surface area is 195 Å². The summed E-state index contributed by atoms with van der Waals surface area (Å²) in [5.74, 6) is 3.46. The van der Waals surface area contributed by atoms with Gasteiger partial charge >= 0.3 is 0 Å². The predicted molar refractivity (Wildman–Crippen MR) is 124 cm³/mol. The largest absolute Gasteiger partial charge is 0.493 e. The Morgan fingerprint density at radius 3 is 2.33 bits per heavy atom. The molecule has 0 radical (unpaired) electrons. The second kappa shape index (κ2) is 9.40. The molecule has 7 nitrogen and oxygen atoms in total. The first kappa shape index (κ1) is 23.1. The zero-order valence-corrected chi connectivity index (χ0v) is 20.0. The number of hydrogen-bond acceptors (Lipinski definition) is 7. The van der Waals surface area contributed by atoms with Crippen molar-refractivity contribution in [2.75, 3.05) is 28.4 Å². The number of nitriles is 1. The smallest absolute Gasteiger partial charge is 0.259 e. The summed E-state index contributed by atoms with van der Waals surface area (Å²) >= 11 is 0. The maximum atomic E-state index is 9.96. The first-order valence-corrected chi connectivity index (χ1v) is 11.3. The molecular weight excluding hydrogens is 420 g/mol. The minimum atomic E-state index is -0.738. The molecule has 0 saturated carbocycles. The molecule has 33 heavy (non-hydrogen) atoms. The van der Waals surface area contributed by atoms with E-state index in [0.29, 0.717) is 35.5 Å². The van der Waals surface area contributed by atoms with Crippen molar-refractivity contribution in [3.8, 4) is 34.8 Å². The van der Waals surface area contributed by atoms with E-state index in [9.17, 15) is 5.26 Å². The van der Waals surface area contributed by atoms with Gasteiger partial charge in [0.2, 0.25) is 5.75 Å². The lowest BCUT2D eigenvalue weighted by atomic mass is 9.83. The molecule has 0 amide bonds. The number of para-hydroxylation sites is 2. The van der Waals surface area contributed by atoms with Crippen LogP contribution in [0.5, 0.6) is 28.7 Å². The van der Waals surface area contributed by atoms with Gasteiger partial charge in [0.1, 0.15) is 5.41 Å². The van der Waals surface area contributed by atoms with Crippen LogP contribution >= 0.6 is 0 Å². The number of rotatable bonds is 8. The molecule has 0 aliphatic carbocycles. The van der Waals surface area contributed by atoms with E-state index in [-0.39, 0.29) is 0 Å². The van der Waals surface area contributed by atoms with Crippen LogP contribution in [0.4, 0.5) is 0 Å². The van der Waals surface area contributed by atoms with Crippen LogP contribution in [0, 0.1) is 16.7 Å². The molecule has 176 valence electrons. The summed E-state index contributed by atoms with van der Waals surface area (Å²) in [5.41, 5.74) is 1.62. The number of hydrogen-bond donors (Lipinski definition) is 0. The lowest BCUT2D eigenvalue weighted by Crippen LogP contribution is -2.39. The number of nitrogens with zero attached hydrogens (tertiary/aromatic N) is 2. The van der Waals surface area contributed by atoms with Gasteiger partial charge in [0.25, 0.3) is 6.29 Å². The quantitative estimate of drug-likeness (QED) is 0.581. The van der Waals surface area contributed by atoms with E-state index in [1.54, 1.807) is 21.3 Å². The van der Waals surface area contributed by atoms with Crippen LogP contribution in [0.15, 0.2) is 30.3 Å². The van der Waals surface area contributed by atoms with Gasteiger partial charge in [-0.25, -0.2) is 0 Å². The third kappa shape index (κ3) is 4.28. The first-order chi connectivity index (χ1) is 15.9. The monoisotopic (exact) mass is 452 g/mol. The zero-order valence-electron chi connectivity index (χ0n) is 20.0. The summed E-state index contributed by atoms with van der Waals surface area (Å²) in [5, 5.41) is 9.96. The molecule has 2 atom stereocenters. The molecule has 7 heteroatoms. The number of likely N-dealkylation sites (N-methyl/N-ethyl adjacent to an activating group) is 1. The molecule has 0 N–H and O–H groups in total. The SMILES string of the molecule is COc1cc2c(c(OC)c1OC)CC(CCCC(C)(C#N)C1Oc3ccccc3O1)N(C)C2. The molecule has 4 rings (SSSR count). The number of methoxy groups -OCH3 is 3. The standard InChI is InChI=1S/C26H32N2O5/c1-26(16-27,25-32-20-10-6-7-11-21(20)33-25)12-8-9-18-14-19-17(15-28(18)2)13-22(29-3)24(31-5)23(19)30-4/h6-7,10-11,13,18,25H,8-9,12,14-15H2,1-5H3. The Morgan fingerprint density at radius 1 is 1.09 bits per heavy atom. The van der Waals surface area contributed by atoms with Crippen LogP contribution in [0.2, 0.25) is 0 Å². The van der Waals surface area contributed by atoms with Crippen LogP contribution in [-0.4, -0.2) is 45.6 Å². The Morgan fingerprint density at radius 2 is 1.76 bits per heavy atom. The van der Waals surface area contributed by atoms with E-state index >= 15 is 0 Å². The van der Waals surface area contributed by atoms with Gasteiger partial charge in [0.15, 0.2) is 23.0 Å². The van der Waals surface area contributed by atoms with Crippen molar-refractivity contribution in [2.24, 2.45) is 5.41 Å². The summed E-state index contributed by atoms with van der Waals surface area (Å²) in [6.45, 7) is 2.72. The van der Waals surface area contributed by atoms with Gasteiger partial charge in [0.05, 0.1) is 27.4 Å². The van der Waals surface area contributed by atoms with Gasteiger partial charge in [-0.2, -0.15) is 5.26 Å². The maximum absolute atomic E-state index is 9.96. The highest BCUT2D eigenvalue weighted by atomic mass is 16.7. The van der Waals surface area contributed by atoms with Gasteiger partial charge in [-0.3, -0.25) is 4.90 Å². The minimum Gasteiger partial charge on any atom is -0.493 e. The van der Waals surface area contributed by atoms with E-state index in [1.165, 1.54) is 11.1 Å². The fourth-order valence-electron chi connectivity index (χ4n) is 4.83. The van der Waals surface area contributed by atoms with Gasteiger partial charge < -0.3 is 23.7 Å². The molecule has 0 saturated heterocycles. The lowest BCUT2D eigenvalue weighted by molar-refractivity contribution is -0.0353. The van der Waals surface area contributed by atoms with Crippen LogP contribution in [0.25, 0.3) is 0 Å². The third-order valence-corrected chi connectivity index (χ3v) is 6.83. The highest BCUT2D eigenvalue weighted by Gasteiger charge is 2.42. The van der Waals surface area contributed by atoms with E-state index in [0.717, 1.165) is 31.6 Å². The topological polar surface area (TPSA) is 73.2 Å². The highest BCUT2D eigenvalue weighted by molar-refractivity contribution is 5.60. The van der Waals surface area contributed by atoms with Gasteiger partial charge in [-0.05, 0) is 57.0 Å². The minimum absolute atomic E-state index is 0.329. The molecule has 0 aromatic heterocycles. The van der Waals surface area contributed by atoms with Crippen molar-refractivity contribution in [2.45, 2.75) is 51.5 Å². The van der Waals surface area contributed by atoms with Crippen LogP contribution in [-0.2, 0) is 13.0 Å². The lowest BCUT2D eigenvalue weighted by Gasteiger charge is -2.36. The second-order valence-corrected chi connectivity index (χ2v) is 8.99. The fourth-order valence-corrected chi connectivity index (χ4v) is 4.83. The highest BCUT2D eigenvalue weighted by Crippen LogP contribution is 2.45. The summed E-state index contributed by atoms with van der Waals surface area (Å²) in [4.78, 5) is 2.36. The number of fused-ring (bicyclic) bond motifs is 2. The predicted octanol–water partition coefficient (Wildman–Crippen LogP) is 4.57. The van der Waals surface area contributed by atoms with Crippen molar-refractivity contribution < 1.29 is 23.7 Å². The van der Waals surface area contributed by atoms with Gasteiger partial charge in [-0.1, -0.05) is 18.6 Å². The molecule has 0 bridgehead atoms. The van der Waals surface area contributed by atoms with Crippen LogP contribution < -0.4 is 23.7 Å². The average Bonchev–Trinajstić information content (AvgIpc) is 3.28. The summed E-state index contributed by atoms with van der Waals surface area (Å²) in [6, 6.07) is 12.4. The Balaban J connectivity index is 1.44. The summed E-state index contributed by atoms with van der Waals surface area (Å²) < 4.78 is 28.7. The molecule has 0 spiro atoms. The number of ether oxygens (including phenoxy) is 5. The van der Waals surface area contributed by atoms with Crippen LogP contribution in [0.1, 0.15) is 37.3 Å². The van der Waals surface area contributed by atoms with E-state index in [1.807, 2.05) is 37.3 Å². The Hall–Kier alpha value is -3.11. The van der Waals surface area contributed by atoms with Crippen molar-refractivity contribution in [1.82, 2.24) is 4.90 Å². The maximum Gasteiger partial charge on any atom is 0.259 e. The van der Waals surface area contributed by atoms with Crippen molar-refractivity contribution >= 4 is 0 Å². The van der Waals surface area contributed by atoms with Crippen molar-refractivity contribution in [3.63, 3.8) is 0 Å². The molecular formula is C26H32N2O5. The third-order valence-electron chi connectivity index (χ3n) is 6.83. The number of benzene rings is 2. The zero-order chi connectivity index (χ0) is 23.6. The normalized spacial score (nSPS) is 19.3. The molecule has 0 fully saturated rings. The molecule has 2 aromatic carbocycles. The molecule has 2 heterocycles. The fraction of sp³-hybridized carbons (Fsp3) is 0.500. The van der Waals surface area contributed by atoms with Gasteiger partial charge in [0, 0.05) is 18.2 Å². The Bertz CT molecular complexity index is 1020. The van der Waals surface area contributed by atoms with Gasteiger partial charge in [-0.15, -0.1) is 0 Å². The molecule has 2 aliphatic heterocycles. The van der Waals surface area contributed by atoms with Crippen molar-refractivity contribution in [3.05, 3.63) is 41.5 Å². The average molecular weight is 453 g/mol. The van der Waals surface area contributed by atoms with E-state index in [4.69, 9.17) is 23.7 Å². The first-order valence-electron chi connectivity index (χ1n) is 11.3. The molecule has 2 aromatic rings. The summed E-state index contributed by atoms with van der Waals surface area (Å²) in [7, 11) is 7.08. The molecule has 2 aliphatic rings. The summed E-state index contributed by atoms with van der Waals surface area (Å²) in [6.07, 6.45) is 2.76. The van der Waals surface area contributed by atoms with Crippen molar-refractivity contribution in [1.29, 1.82) is 5.26 Å². The van der Waals surface area contributed by atoms with Crippen LogP contribution in [0.3, 0.4) is 0 Å². The Kier molecular flexibility index (Phi) is 6.57. The van der Waals surface area contributed by atoms with E-state index < -0.39 is 11.7 Å². The van der Waals surface area contributed by atoms with E-state index in [2.05, 4.69) is 18.0 Å².